The number of nitrogens with zero attached hydrogens (tertiary/aromatic N) is 4. The maximum absolute atomic E-state index is 13.6. The van der Waals surface area contributed by atoms with Crippen molar-refractivity contribution in [3.05, 3.63) is 107 Å². The van der Waals surface area contributed by atoms with E-state index >= 15 is 0 Å². The molecule has 2 aromatic heterocycles. The van der Waals surface area contributed by atoms with Crippen molar-refractivity contribution in [2.75, 3.05) is 19.0 Å². The Kier molecular flexibility index (Phi) is 7.87. The van der Waals surface area contributed by atoms with E-state index in [1.165, 1.54) is 18.0 Å². The van der Waals surface area contributed by atoms with Crippen LogP contribution >= 0.6 is 23.4 Å². The highest BCUT2D eigenvalue weighted by molar-refractivity contribution is 7.98. The highest BCUT2D eigenvalue weighted by atomic mass is 35.5. The normalized spacial score (nSPS) is 10.8. The summed E-state index contributed by atoms with van der Waals surface area (Å²) in [6.07, 6.45) is 3.09. The Morgan fingerprint density at radius 1 is 0.971 bits per heavy atom. The van der Waals surface area contributed by atoms with Gasteiger partial charge in [0, 0.05) is 32.1 Å². The first-order valence-corrected chi connectivity index (χ1v) is 12.1. The third-order valence-corrected chi connectivity index (χ3v) is 6.38. The van der Waals surface area contributed by atoms with Crippen molar-refractivity contribution in [3.63, 3.8) is 0 Å². The van der Waals surface area contributed by atoms with Gasteiger partial charge in [0.25, 0.3) is 5.91 Å². The molecular weight excluding hydrogens is 468 g/mol. The molecular formula is C26H25ClN4O2S. The topological polar surface area (TPSA) is 62.5 Å². The number of anilines is 1. The first-order chi connectivity index (χ1) is 16.5. The lowest BCUT2D eigenvalue weighted by Gasteiger charge is -2.22. The van der Waals surface area contributed by atoms with Crippen LogP contribution in [0.1, 0.15) is 27.4 Å². The molecule has 8 heteroatoms. The standard InChI is InChI=1S/C26H25ClN4O2S/c1-30(2)21-12-10-19(11-13-21)16-31(17-22-9-6-14-33-22)25(32)24-23(27)15-28-26(29-24)34-18-20-7-4-3-5-8-20/h3-15H,16-18H2,1-2H3. The van der Waals surface area contributed by atoms with E-state index in [1.54, 1.807) is 17.2 Å². The molecule has 4 rings (SSSR count). The molecule has 174 valence electrons. The van der Waals surface area contributed by atoms with E-state index in [9.17, 15) is 4.79 Å². The summed E-state index contributed by atoms with van der Waals surface area (Å²) in [4.78, 5) is 26.1. The lowest BCUT2D eigenvalue weighted by molar-refractivity contribution is 0.0710. The number of halogens is 1. The van der Waals surface area contributed by atoms with Gasteiger partial charge in [-0.25, -0.2) is 9.97 Å². The van der Waals surface area contributed by atoms with Gasteiger partial charge in [-0.2, -0.15) is 0 Å². The smallest absolute Gasteiger partial charge is 0.274 e. The average Bonchev–Trinajstić information content (AvgIpc) is 3.37. The predicted molar refractivity (Wildman–Crippen MR) is 136 cm³/mol. The van der Waals surface area contributed by atoms with Gasteiger partial charge in [-0.05, 0) is 35.4 Å². The highest BCUT2D eigenvalue weighted by Gasteiger charge is 2.23. The van der Waals surface area contributed by atoms with Gasteiger partial charge >= 0.3 is 0 Å². The average molecular weight is 493 g/mol. The van der Waals surface area contributed by atoms with Gasteiger partial charge in [0.05, 0.1) is 24.0 Å². The molecule has 0 aliphatic rings. The van der Waals surface area contributed by atoms with Crippen LogP contribution in [-0.2, 0) is 18.8 Å². The molecule has 0 saturated heterocycles. The zero-order valence-corrected chi connectivity index (χ0v) is 20.6. The molecule has 0 N–H and O–H groups in total. The van der Waals surface area contributed by atoms with Crippen LogP contribution in [0.25, 0.3) is 0 Å². The quantitative estimate of drug-likeness (QED) is 0.213. The summed E-state index contributed by atoms with van der Waals surface area (Å²) in [6, 6.07) is 21.8. The predicted octanol–water partition coefficient (Wildman–Crippen LogP) is 5.92. The molecule has 0 aliphatic carbocycles. The van der Waals surface area contributed by atoms with Crippen LogP contribution in [0.3, 0.4) is 0 Å². The highest BCUT2D eigenvalue weighted by Crippen LogP contribution is 2.24. The third-order valence-electron chi connectivity index (χ3n) is 5.18. The molecule has 0 radical (unpaired) electrons. The minimum Gasteiger partial charge on any atom is -0.467 e. The number of benzene rings is 2. The fraction of sp³-hybridized carbons (Fsp3) is 0.192. The first-order valence-electron chi connectivity index (χ1n) is 10.8. The van der Waals surface area contributed by atoms with Crippen LogP contribution in [0.15, 0.2) is 88.8 Å². The molecule has 1 amide bonds. The Morgan fingerprint density at radius 2 is 1.74 bits per heavy atom. The number of hydrogen-bond acceptors (Lipinski definition) is 6. The Labute approximate surface area is 208 Å². The SMILES string of the molecule is CN(C)c1ccc(CN(Cc2ccco2)C(=O)c2nc(SCc3ccccc3)ncc2Cl)cc1. The molecule has 0 atom stereocenters. The van der Waals surface area contributed by atoms with Crippen molar-refractivity contribution in [2.45, 2.75) is 24.0 Å². The summed E-state index contributed by atoms with van der Waals surface area (Å²) in [6.45, 7) is 0.689. The van der Waals surface area contributed by atoms with Gasteiger partial charge in [-0.3, -0.25) is 4.79 Å². The second kappa shape index (κ2) is 11.2. The summed E-state index contributed by atoms with van der Waals surface area (Å²) >= 11 is 7.85. The van der Waals surface area contributed by atoms with Crippen molar-refractivity contribution in [2.24, 2.45) is 0 Å². The van der Waals surface area contributed by atoms with Crippen molar-refractivity contribution in [1.82, 2.24) is 14.9 Å². The summed E-state index contributed by atoms with van der Waals surface area (Å²) < 4.78 is 5.51. The van der Waals surface area contributed by atoms with Crippen molar-refractivity contribution < 1.29 is 9.21 Å². The van der Waals surface area contributed by atoms with Crippen LogP contribution in [0.2, 0.25) is 5.02 Å². The zero-order valence-electron chi connectivity index (χ0n) is 19.0. The molecule has 0 bridgehead atoms. The Hall–Kier alpha value is -3.29. The molecule has 2 heterocycles. The molecule has 34 heavy (non-hydrogen) atoms. The van der Waals surface area contributed by atoms with E-state index in [2.05, 4.69) is 9.97 Å². The van der Waals surface area contributed by atoms with E-state index in [0.717, 1.165) is 16.8 Å². The molecule has 0 aliphatic heterocycles. The number of aromatic nitrogens is 2. The maximum atomic E-state index is 13.6. The van der Waals surface area contributed by atoms with Crippen LogP contribution in [0.4, 0.5) is 5.69 Å². The molecule has 0 saturated carbocycles. The second-order valence-electron chi connectivity index (χ2n) is 7.92. The summed E-state index contributed by atoms with van der Waals surface area (Å²) in [5, 5.41) is 0.728. The molecule has 0 spiro atoms. The summed E-state index contributed by atoms with van der Waals surface area (Å²) in [5.74, 6) is 1.11. The van der Waals surface area contributed by atoms with E-state index in [-0.39, 0.29) is 16.6 Å². The lowest BCUT2D eigenvalue weighted by atomic mass is 10.1. The lowest BCUT2D eigenvalue weighted by Crippen LogP contribution is -2.31. The van der Waals surface area contributed by atoms with Gasteiger partial charge in [0.2, 0.25) is 0 Å². The van der Waals surface area contributed by atoms with Crippen LogP contribution in [0.5, 0.6) is 0 Å². The number of carbonyl (C=O) groups excluding carboxylic acids is 1. The second-order valence-corrected chi connectivity index (χ2v) is 9.27. The number of furan rings is 1. The molecule has 6 nitrogen and oxygen atoms in total. The number of hydrogen-bond donors (Lipinski definition) is 0. The number of carbonyl (C=O) groups is 1. The van der Waals surface area contributed by atoms with Gasteiger partial charge in [-0.15, -0.1) is 0 Å². The number of thioether (sulfide) groups is 1. The first kappa shape index (κ1) is 23.9. The van der Waals surface area contributed by atoms with Crippen molar-refractivity contribution in [3.8, 4) is 0 Å². The zero-order chi connectivity index (χ0) is 23.9. The maximum Gasteiger partial charge on any atom is 0.274 e. The number of rotatable bonds is 9. The van der Waals surface area contributed by atoms with Crippen molar-refractivity contribution in [1.29, 1.82) is 0 Å². The fourth-order valence-electron chi connectivity index (χ4n) is 3.35. The van der Waals surface area contributed by atoms with E-state index in [0.29, 0.717) is 29.8 Å². The summed E-state index contributed by atoms with van der Waals surface area (Å²) in [7, 11) is 3.98. The summed E-state index contributed by atoms with van der Waals surface area (Å²) in [5.41, 5.74) is 3.42. The Morgan fingerprint density at radius 3 is 2.41 bits per heavy atom. The Bertz CT molecular complexity index is 1220. The minimum absolute atomic E-state index is 0.184. The van der Waals surface area contributed by atoms with Crippen LogP contribution in [-0.4, -0.2) is 34.9 Å². The van der Waals surface area contributed by atoms with E-state index < -0.39 is 0 Å². The van der Waals surface area contributed by atoms with Gasteiger partial charge < -0.3 is 14.2 Å². The van der Waals surface area contributed by atoms with Gasteiger partial charge in [0.1, 0.15) is 5.76 Å². The molecule has 4 aromatic rings. The molecule has 2 aromatic carbocycles. The fourth-order valence-corrected chi connectivity index (χ4v) is 4.30. The number of amides is 1. The largest absolute Gasteiger partial charge is 0.467 e. The van der Waals surface area contributed by atoms with Gasteiger partial charge in [0.15, 0.2) is 10.9 Å². The monoisotopic (exact) mass is 492 g/mol. The molecule has 0 unspecified atom stereocenters. The van der Waals surface area contributed by atoms with Crippen LogP contribution in [0, 0.1) is 0 Å². The van der Waals surface area contributed by atoms with Crippen LogP contribution < -0.4 is 4.90 Å². The van der Waals surface area contributed by atoms with Crippen molar-refractivity contribution >= 4 is 35.0 Å². The minimum atomic E-state index is -0.276. The molecule has 0 fully saturated rings. The third kappa shape index (κ3) is 6.18. The van der Waals surface area contributed by atoms with Gasteiger partial charge in [-0.1, -0.05) is 65.8 Å². The van der Waals surface area contributed by atoms with E-state index in [1.807, 2.05) is 79.7 Å². The Balaban J connectivity index is 1.56. The van der Waals surface area contributed by atoms with E-state index in [4.69, 9.17) is 16.0 Å².